The highest BCUT2D eigenvalue weighted by molar-refractivity contribution is 6.00. The standard InChI is InChI=1S/C23H22N4O4/c28-22-9-18(13-27(22)19-5-6-20-21(10-19)31-15-30-20)23(29)25-11-16-3-1-2-4-17(16)12-26-8-7-24-14-26/h1-8,10,14,18H,9,11-13,15H2,(H,25,29)/t18-/m1/s1. The van der Waals surface area contributed by atoms with Crippen molar-refractivity contribution >= 4 is 17.5 Å². The summed E-state index contributed by atoms with van der Waals surface area (Å²) in [5.74, 6) is 0.707. The van der Waals surface area contributed by atoms with E-state index in [1.807, 2.05) is 41.1 Å². The molecule has 0 aliphatic carbocycles. The SMILES string of the molecule is O=C(NCc1ccccc1Cn1ccnc1)[C@@H]1CC(=O)N(c2ccc3c(c2)OCO3)C1. The van der Waals surface area contributed by atoms with Crippen molar-refractivity contribution in [3.63, 3.8) is 0 Å². The van der Waals surface area contributed by atoms with Crippen LogP contribution in [0.1, 0.15) is 17.5 Å². The van der Waals surface area contributed by atoms with Gasteiger partial charge in [0.25, 0.3) is 0 Å². The van der Waals surface area contributed by atoms with Crippen molar-refractivity contribution in [2.24, 2.45) is 5.92 Å². The highest BCUT2D eigenvalue weighted by Gasteiger charge is 2.35. The second kappa shape index (κ2) is 8.14. The third-order valence-corrected chi connectivity index (χ3v) is 5.65. The van der Waals surface area contributed by atoms with Crippen LogP contribution in [0.3, 0.4) is 0 Å². The molecule has 2 aliphatic heterocycles. The largest absolute Gasteiger partial charge is 0.454 e. The van der Waals surface area contributed by atoms with Crippen molar-refractivity contribution in [3.8, 4) is 11.5 Å². The molecule has 2 aliphatic rings. The molecule has 1 atom stereocenters. The van der Waals surface area contributed by atoms with Gasteiger partial charge in [-0.25, -0.2) is 4.98 Å². The first kappa shape index (κ1) is 19.2. The van der Waals surface area contributed by atoms with Gasteiger partial charge < -0.3 is 24.3 Å². The van der Waals surface area contributed by atoms with Gasteiger partial charge in [-0.2, -0.15) is 0 Å². The van der Waals surface area contributed by atoms with Gasteiger partial charge in [-0.1, -0.05) is 24.3 Å². The summed E-state index contributed by atoms with van der Waals surface area (Å²) in [5, 5.41) is 3.01. The van der Waals surface area contributed by atoms with E-state index in [1.54, 1.807) is 29.6 Å². The molecule has 1 saturated heterocycles. The van der Waals surface area contributed by atoms with Crippen LogP contribution in [0.4, 0.5) is 5.69 Å². The summed E-state index contributed by atoms with van der Waals surface area (Å²) in [5.41, 5.74) is 2.88. The van der Waals surface area contributed by atoms with Crippen molar-refractivity contribution in [3.05, 3.63) is 72.3 Å². The summed E-state index contributed by atoms with van der Waals surface area (Å²) in [6, 6.07) is 13.4. The summed E-state index contributed by atoms with van der Waals surface area (Å²) < 4.78 is 12.7. The number of aromatic nitrogens is 2. The van der Waals surface area contributed by atoms with E-state index in [2.05, 4.69) is 10.3 Å². The highest BCUT2D eigenvalue weighted by atomic mass is 16.7. The molecule has 0 unspecified atom stereocenters. The minimum absolute atomic E-state index is 0.0699. The molecule has 3 heterocycles. The topological polar surface area (TPSA) is 85.7 Å². The number of hydrogen-bond acceptors (Lipinski definition) is 5. The number of ether oxygens (including phenoxy) is 2. The summed E-state index contributed by atoms with van der Waals surface area (Å²) in [6.45, 7) is 1.63. The molecule has 1 aromatic heterocycles. The zero-order valence-corrected chi connectivity index (χ0v) is 16.9. The lowest BCUT2D eigenvalue weighted by molar-refractivity contribution is -0.126. The van der Waals surface area contributed by atoms with E-state index in [1.165, 1.54) is 0 Å². The first-order chi connectivity index (χ1) is 15.2. The van der Waals surface area contributed by atoms with E-state index >= 15 is 0 Å². The molecule has 0 spiro atoms. The number of nitrogens with zero attached hydrogens (tertiary/aromatic N) is 3. The lowest BCUT2D eigenvalue weighted by atomic mass is 10.1. The predicted molar refractivity (Wildman–Crippen MR) is 113 cm³/mol. The molecule has 158 valence electrons. The molecule has 8 heteroatoms. The Labute approximate surface area is 179 Å². The van der Waals surface area contributed by atoms with Gasteiger partial charge in [0.2, 0.25) is 18.6 Å². The number of carbonyl (C=O) groups excluding carboxylic acids is 2. The van der Waals surface area contributed by atoms with Crippen LogP contribution in [-0.2, 0) is 22.7 Å². The molecule has 8 nitrogen and oxygen atoms in total. The summed E-state index contributed by atoms with van der Waals surface area (Å²) >= 11 is 0. The number of rotatable bonds is 6. The quantitative estimate of drug-likeness (QED) is 0.664. The Hall–Kier alpha value is -3.81. The van der Waals surface area contributed by atoms with Gasteiger partial charge in [-0.05, 0) is 23.3 Å². The lowest BCUT2D eigenvalue weighted by Crippen LogP contribution is -2.32. The van der Waals surface area contributed by atoms with E-state index in [9.17, 15) is 9.59 Å². The molecular formula is C23H22N4O4. The molecule has 31 heavy (non-hydrogen) atoms. The highest BCUT2D eigenvalue weighted by Crippen LogP contribution is 2.37. The minimum Gasteiger partial charge on any atom is -0.454 e. The maximum Gasteiger partial charge on any atom is 0.231 e. The van der Waals surface area contributed by atoms with Gasteiger partial charge in [0.05, 0.1) is 12.2 Å². The Morgan fingerprint density at radius 3 is 2.81 bits per heavy atom. The third kappa shape index (κ3) is 3.96. The van der Waals surface area contributed by atoms with Crippen molar-refractivity contribution in [1.82, 2.24) is 14.9 Å². The van der Waals surface area contributed by atoms with Gasteiger partial charge in [-0.15, -0.1) is 0 Å². The van der Waals surface area contributed by atoms with Gasteiger partial charge in [0.15, 0.2) is 11.5 Å². The van der Waals surface area contributed by atoms with E-state index < -0.39 is 5.92 Å². The molecule has 1 fully saturated rings. The number of hydrogen-bond donors (Lipinski definition) is 1. The maximum absolute atomic E-state index is 12.8. The Balaban J connectivity index is 1.22. The Kier molecular flexibility index (Phi) is 5.03. The van der Waals surface area contributed by atoms with E-state index in [0.29, 0.717) is 31.1 Å². The van der Waals surface area contributed by atoms with Gasteiger partial charge in [0, 0.05) is 50.2 Å². The molecule has 5 rings (SSSR count). The molecule has 0 saturated carbocycles. The van der Waals surface area contributed by atoms with Crippen molar-refractivity contribution in [1.29, 1.82) is 0 Å². The number of fused-ring (bicyclic) bond motifs is 1. The van der Waals surface area contributed by atoms with Crippen LogP contribution in [0.5, 0.6) is 11.5 Å². The summed E-state index contributed by atoms with van der Waals surface area (Å²) in [7, 11) is 0. The fraction of sp³-hybridized carbons (Fsp3) is 0.261. The number of anilines is 1. The first-order valence-corrected chi connectivity index (χ1v) is 10.2. The third-order valence-electron chi connectivity index (χ3n) is 5.65. The minimum atomic E-state index is -0.390. The average Bonchev–Trinajstić information content (AvgIpc) is 3.53. The van der Waals surface area contributed by atoms with Crippen LogP contribution in [0.25, 0.3) is 0 Å². The van der Waals surface area contributed by atoms with Crippen molar-refractivity contribution in [2.75, 3.05) is 18.2 Å². The van der Waals surface area contributed by atoms with Crippen LogP contribution in [0.15, 0.2) is 61.2 Å². The molecular weight excluding hydrogens is 396 g/mol. The van der Waals surface area contributed by atoms with Crippen LogP contribution in [-0.4, -0.2) is 34.7 Å². The molecule has 2 amide bonds. The van der Waals surface area contributed by atoms with Crippen LogP contribution in [0, 0.1) is 5.92 Å². The fourth-order valence-corrected chi connectivity index (χ4v) is 3.97. The zero-order chi connectivity index (χ0) is 21.2. The average molecular weight is 418 g/mol. The summed E-state index contributed by atoms with van der Waals surface area (Å²) in [4.78, 5) is 31.1. The van der Waals surface area contributed by atoms with E-state index in [0.717, 1.165) is 16.8 Å². The number of carbonyl (C=O) groups is 2. The number of benzene rings is 2. The summed E-state index contributed by atoms with van der Waals surface area (Å²) in [6.07, 6.45) is 5.61. The normalized spacial score (nSPS) is 17.2. The monoisotopic (exact) mass is 418 g/mol. The number of nitrogens with one attached hydrogen (secondary N) is 1. The second-order valence-electron chi connectivity index (χ2n) is 7.66. The first-order valence-electron chi connectivity index (χ1n) is 10.2. The number of imidazole rings is 1. The fourth-order valence-electron chi connectivity index (χ4n) is 3.97. The molecule has 1 N–H and O–H groups in total. The molecule has 0 bridgehead atoms. The van der Waals surface area contributed by atoms with E-state index in [4.69, 9.17) is 9.47 Å². The predicted octanol–water partition coefficient (Wildman–Crippen LogP) is 2.33. The lowest BCUT2D eigenvalue weighted by Gasteiger charge is -2.17. The Morgan fingerprint density at radius 2 is 1.97 bits per heavy atom. The van der Waals surface area contributed by atoms with Crippen LogP contribution < -0.4 is 19.7 Å². The van der Waals surface area contributed by atoms with Crippen LogP contribution in [0.2, 0.25) is 0 Å². The Morgan fingerprint density at radius 1 is 1.13 bits per heavy atom. The van der Waals surface area contributed by atoms with Crippen molar-refractivity contribution < 1.29 is 19.1 Å². The molecule has 0 radical (unpaired) electrons. The zero-order valence-electron chi connectivity index (χ0n) is 16.9. The number of amides is 2. The van der Waals surface area contributed by atoms with Gasteiger partial charge >= 0.3 is 0 Å². The van der Waals surface area contributed by atoms with Crippen LogP contribution >= 0.6 is 0 Å². The van der Waals surface area contributed by atoms with Crippen molar-refractivity contribution in [2.45, 2.75) is 19.5 Å². The van der Waals surface area contributed by atoms with Gasteiger partial charge in [-0.3, -0.25) is 9.59 Å². The maximum atomic E-state index is 12.8. The Bertz CT molecular complexity index is 1110. The molecule has 3 aromatic rings. The second-order valence-corrected chi connectivity index (χ2v) is 7.66. The van der Waals surface area contributed by atoms with Gasteiger partial charge in [0.1, 0.15) is 0 Å². The smallest absolute Gasteiger partial charge is 0.231 e. The van der Waals surface area contributed by atoms with E-state index in [-0.39, 0.29) is 25.0 Å². The molecule has 2 aromatic carbocycles.